The van der Waals surface area contributed by atoms with Gasteiger partial charge >= 0.3 is 12.1 Å². The van der Waals surface area contributed by atoms with Crippen molar-refractivity contribution in [2.75, 3.05) is 26.9 Å². The Morgan fingerprint density at radius 1 is 0.867 bits per heavy atom. The number of likely N-dealkylation sites (N-methyl/N-ethyl adjacent to an activating group) is 1. The van der Waals surface area contributed by atoms with Gasteiger partial charge in [-0.1, -0.05) is 82.2 Å². The van der Waals surface area contributed by atoms with Gasteiger partial charge in [-0.3, -0.25) is 4.90 Å². The van der Waals surface area contributed by atoms with Gasteiger partial charge in [0.1, 0.15) is 12.6 Å². The maximum Gasteiger partial charge on any atom is 0.410 e. The van der Waals surface area contributed by atoms with Crippen LogP contribution in [0.15, 0.2) is 30.3 Å². The summed E-state index contributed by atoms with van der Waals surface area (Å²) in [6.07, 6.45) is 8.95. The number of hydrogen-bond acceptors (Lipinski definition) is 5. The smallest absolute Gasteiger partial charge is 0.410 e. The molecule has 1 unspecified atom stereocenters. The summed E-state index contributed by atoms with van der Waals surface area (Å²) < 4.78 is 15.9. The number of ether oxygens (including phenoxy) is 3. The minimum atomic E-state index is -0.684. The van der Waals surface area contributed by atoms with Gasteiger partial charge in [0, 0.05) is 7.05 Å². The Kier molecular flexibility index (Phi) is 14.4. The van der Waals surface area contributed by atoms with Gasteiger partial charge in [-0.25, -0.2) is 9.59 Å². The highest BCUT2D eigenvalue weighted by Gasteiger charge is 2.24. The second-order valence-electron chi connectivity index (χ2n) is 7.58. The Hall–Kier alpha value is -2.08. The van der Waals surface area contributed by atoms with Gasteiger partial charge in [0.2, 0.25) is 0 Å². The number of unbranched alkanes of at least 4 members (excludes halogenated alkanes) is 7. The van der Waals surface area contributed by atoms with Crippen molar-refractivity contribution in [1.82, 2.24) is 4.90 Å². The van der Waals surface area contributed by atoms with Crippen molar-refractivity contribution in [2.24, 2.45) is 0 Å². The fraction of sp³-hybridized carbons (Fsp3) is 0.667. The van der Waals surface area contributed by atoms with E-state index in [1.807, 2.05) is 30.3 Å². The van der Waals surface area contributed by atoms with E-state index in [1.165, 1.54) is 50.5 Å². The third-order valence-electron chi connectivity index (χ3n) is 5.02. The van der Waals surface area contributed by atoms with E-state index in [4.69, 9.17) is 14.2 Å². The Bertz CT molecular complexity index is 578. The molecule has 6 heteroatoms. The van der Waals surface area contributed by atoms with E-state index >= 15 is 0 Å². The molecule has 0 saturated carbocycles. The summed E-state index contributed by atoms with van der Waals surface area (Å²) in [6, 6.07) is 9.10. The highest BCUT2D eigenvalue weighted by Crippen LogP contribution is 2.09. The molecule has 0 heterocycles. The van der Waals surface area contributed by atoms with E-state index in [-0.39, 0.29) is 6.61 Å². The van der Waals surface area contributed by atoms with Crippen molar-refractivity contribution >= 4 is 12.1 Å². The number of carbonyl (C=O) groups is 2. The average Bonchev–Trinajstić information content (AvgIpc) is 2.77. The van der Waals surface area contributed by atoms with Crippen LogP contribution >= 0.6 is 0 Å². The fourth-order valence-electron chi connectivity index (χ4n) is 2.90. The molecule has 6 nitrogen and oxygen atoms in total. The van der Waals surface area contributed by atoms with Gasteiger partial charge in [0.25, 0.3) is 0 Å². The third-order valence-corrected chi connectivity index (χ3v) is 5.02. The lowest BCUT2D eigenvalue weighted by atomic mass is 10.1. The van der Waals surface area contributed by atoms with Crippen molar-refractivity contribution in [3.8, 4) is 0 Å². The molecule has 1 atom stereocenters. The minimum absolute atomic E-state index is 0.135. The Labute approximate surface area is 181 Å². The number of carbonyl (C=O) groups excluding carboxylic acids is 2. The summed E-state index contributed by atoms with van der Waals surface area (Å²) in [7, 11) is 1.54. The molecule has 0 bridgehead atoms. The highest BCUT2D eigenvalue weighted by atomic mass is 16.6. The molecule has 0 N–H and O–H groups in total. The first-order valence-corrected chi connectivity index (χ1v) is 11.2. The first kappa shape index (κ1) is 26.0. The van der Waals surface area contributed by atoms with Crippen LogP contribution in [-0.2, 0) is 25.6 Å². The third kappa shape index (κ3) is 11.8. The Morgan fingerprint density at radius 2 is 1.50 bits per heavy atom. The molecular formula is C24H39NO5. The lowest BCUT2D eigenvalue weighted by molar-refractivity contribution is -0.148. The second-order valence-corrected chi connectivity index (χ2v) is 7.58. The zero-order valence-electron chi connectivity index (χ0n) is 18.9. The van der Waals surface area contributed by atoms with Crippen molar-refractivity contribution < 1.29 is 23.8 Å². The van der Waals surface area contributed by atoms with Gasteiger partial charge < -0.3 is 14.2 Å². The van der Waals surface area contributed by atoms with Crippen LogP contribution in [0.5, 0.6) is 0 Å². The lowest BCUT2D eigenvalue weighted by Gasteiger charge is -2.22. The van der Waals surface area contributed by atoms with E-state index in [2.05, 4.69) is 6.92 Å². The summed E-state index contributed by atoms with van der Waals surface area (Å²) >= 11 is 0. The Balaban J connectivity index is 2.07. The quantitative estimate of drug-likeness (QED) is 0.266. The maximum absolute atomic E-state index is 12.1. The monoisotopic (exact) mass is 421 g/mol. The van der Waals surface area contributed by atoms with Gasteiger partial charge in [-0.2, -0.15) is 0 Å². The van der Waals surface area contributed by atoms with Crippen molar-refractivity contribution in [3.63, 3.8) is 0 Å². The van der Waals surface area contributed by atoms with Crippen molar-refractivity contribution in [3.05, 3.63) is 35.9 Å². The molecule has 1 rings (SSSR count). The van der Waals surface area contributed by atoms with Crippen LogP contribution in [0.4, 0.5) is 4.79 Å². The predicted octanol–water partition coefficient (Wildman–Crippen LogP) is 5.34. The molecule has 1 aromatic carbocycles. The zero-order valence-corrected chi connectivity index (χ0v) is 18.9. The zero-order chi connectivity index (χ0) is 22.0. The maximum atomic E-state index is 12.1. The fourth-order valence-corrected chi connectivity index (χ4v) is 2.90. The van der Waals surface area contributed by atoms with Crippen LogP contribution in [0.1, 0.15) is 70.8 Å². The van der Waals surface area contributed by atoms with Gasteiger partial charge in [-0.05, 0) is 18.9 Å². The van der Waals surface area contributed by atoms with Crippen molar-refractivity contribution in [2.45, 2.75) is 77.9 Å². The summed E-state index contributed by atoms with van der Waals surface area (Å²) in [5, 5.41) is 0. The van der Waals surface area contributed by atoms with Crippen LogP contribution in [0.25, 0.3) is 0 Å². The topological polar surface area (TPSA) is 65.1 Å². The van der Waals surface area contributed by atoms with Crippen LogP contribution in [0.2, 0.25) is 0 Å². The number of rotatable bonds is 16. The molecular weight excluding hydrogens is 382 g/mol. The molecule has 170 valence electrons. The van der Waals surface area contributed by atoms with E-state index in [1.54, 1.807) is 6.92 Å². The second kappa shape index (κ2) is 16.7. The first-order valence-electron chi connectivity index (χ1n) is 11.2. The summed E-state index contributed by atoms with van der Waals surface area (Å²) in [5.41, 5.74) is 1.06. The van der Waals surface area contributed by atoms with E-state index in [9.17, 15) is 9.59 Å². The molecule has 0 aromatic heterocycles. The molecule has 0 aliphatic carbocycles. The number of hydrogen-bond donors (Lipinski definition) is 0. The lowest BCUT2D eigenvalue weighted by Crippen LogP contribution is -2.42. The van der Waals surface area contributed by atoms with Crippen LogP contribution in [0.3, 0.4) is 0 Å². The molecule has 0 radical (unpaired) electrons. The number of esters is 1. The summed E-state index contributed by atoms with van der Waals surface area (Å²) in [5.74, 6) is -0.405. The van der Waals surface area contributed by atoms with E-state index in [0.717, 1.165) is 18.4 Å². The van der Waals surface area contributed by atoms with Crippen LogP contribution in [-0.4, -0.2) is 49.9 Å². The van der Waals surface area contributed by atoms with Gasteiger partial charge in [-0.15, -0.1) is 0 Å². The molecule has 0 aliphatic heterocycles. The molecule has 1 aromatic rings. The van der Waals surface area contributed by atoms with E-state index < -0.39 is 18.1 Å². The Morgan fingerprint density at radius 3 is 2.17 bits per heavy atom. The standard InChI is InChI=1S/C24H39NO5/c1-4-5-6-7-8-9-10-14-17-29-23(26)21(2)25(3)24(27)30-19-18-28-20-22-15-12-11-13-16-22/h11-13,15-16,21H,4-10,14,17-20H2,1-3H3. The SMILES string of the molecule is CCCCCCCCCCOC(=O)C(C)N(C)C(=O)OCCOCc1ccccc1. The predicted molar refractivity (Wildman–Crippen MR) is 118 cm³/mol. The van der Waals surface area contributed by atoms with Crippen LogP contribution < -0.4 is 0 Å². The number of benzene rings is 1. The summed E-state index contributed by atoms with van der Waals surface area (Å²) in [6.45, 7) is 5.16. The minimum Gasteiger partial charge on any atom is -0.464 e. The largest absolute Gasteiger partial charge is 0.464 e. The molecule has 0 saturated heterocycles. The van der Waals surface area contributed by atoms with Crippen molar-refractivity contribution in [1.29, 1.82) is 0 Å². The summed E-state index contributed by atoms with van der Waals surface area (Å²) in [4.78, 5) is 25.5. The average molecular weight is 422 g/mol. The number of nitrogens with zero attached hydrogens (tertiary/aromatic N) is 1. The van der Waals surface area contributed by atoms with Gasteiger partial charge in [0.05, 0.1) is 19.8 Å². The highest BCUT2D eigenvalue weighted by molar-refractivity contribution is 5.80. The first-order chi connectivity index (χ1) is 14.6. The van der Waals surface area contributed by atoms with Gasteiger partial charge in [0.15, 0.2) is 0 Å². The molecule has 1 amide bonds. The molecule has 30 heavy (non-hydrogen) atoms. The molecule has 0 fully saturated rings. The molecule has 0 spiro atoms. The van der Waals surface area contributed by atoms with Crippen LogP contribution in [0, 0.1) is 0 Å². The normalized spacial score (nSPS) is 11.7. The van der Waals surface area contributed by atoms with E-state index in [0.29, 0.717) is 19.8 Å². The molecule has 0 aliphatic rings. The number of amides is 1.